The first kappa shape index (κ1) is 14.3. The van der Waals surface area contributed by atoms with Gasteiger partial charge in [0.2, 0.25) is 5.95 Å². The maximum atomic E-state index is 12.1. The molecule has 8 heteroatoms. The van der Waals surface area contributed by atoms with Gasteiger partial charge < -0.3 is 5.73 Å². The smallest absolute Gasteiger partial charge is 0.270 e. The zero-order valence-corrected chi connectivity index (χ0v) is 12.4. The molecule has 2 aromatic heterocycles. The molecule has 0 fully saturated rings. The average Bonchev–Trinajstić information content (AvgIpc) is 2.77. The summed E-state index contributed by atoms with van der Waals surface area (Å²) < 4.78 is 0. The monoisotopic (exact) mass is 292 g/mol. The molecule has 0 saturated carbocycles. The van der Waals surface area contributed by atoms with Gasteiger partial charge in [-0.1, -0.05) is 25.2 Å². The lowest BCUT2D eigenvalue weighted by molar-refractivity contribution is 0.102. The van der Waals surface area contributed by atoms with E-state index in [0.717, 1.165) is 35.6 Å². The summed E-state index contributed by atoms with van der Waals surface area (Å²) in [4.78, 5) is 20.9. The number of nitrogens with zero attached hydrogens (tertiary/aromatic N) is 4. The third-order valence-corrected chi connectivity index (χ3v) is 3.74. The minimum atomic E-state index is -0.315. The number of rotatable bonds is 4. The summed E-state index contributed by atoms with van der Waals surface area (Å²) >= 11 is 1.14. The minimum absolute atomic E-state index is 0.204. The first-order chi connectivity index (χ1) is 9.55. The van der Waals surface area contributed by atoms with Gasteiger partial charge in [0.1, 0.15) is 4.88 Å². The highest BCUT2D eigenvalue weighted by Crippen LogP contribution is 2.20. The Morgan fingerprint density at radius 3 is 2.45 bits per heavy atom. The molecule has 20 heavy (non-hydrogen) atoms. The highest BCUT2D eigenvalue weighted by Gasteiger charge is 2.16. The van der Waals surface area contributed by atoms with Crippen LogP contribution in [0.2, 0.25) is 0 Å². The van der Waals surface area contributed by atoms with Crippen molar-refractivity contribution in [1.29, 1.82) is 0 Å². The van der Waals surface area contributed by atoms with Crippen LogP contribution >= 0.6 is 11.3 Å². The third-order valence-electron chi connectivity index (χ3n) is 2.75. The zero-order valence-electron chi connectivity index (χ0n) is 11.6. The molecule has 0 aliphatic carbocycles. The number of nitrogens with one attached hydrogen (secondary N) is 1. The normalized spacial score (nSPS) is 10.6. The van der Waals surface area contributed by atoms with E-state index in [9.17, 15) is 4.79 Å². The first-order valence-electron chi connectivity index (χ1n) is 6.31. The number of nitrogens with two attached hydrogens (primary N) is 1. The van der Waals surface area contributed by atoms with E-state index < -0.39 is 0 Å². The van der Waals surface area contributed by atoms with Crippen molar-refractivity contribution in [2.75, 3.05) is 11.1 Å². The van der Waals surface area contributed by atoms with Crippen LogP contribution < -0.4 is 11.1 Å². The highest BCUT2D eigenvalue weighted by atomic mass is 32.1. The van der Waals surface area contributed by atoms with Gasteiger partial charge in [-0.2, -0.15) is 0 Å². The van der Waals surface area contributed by atoms with Gasteiger partial charge in [-0.25, -0.2) is 9.97 Å². The molecule has 0 radical (unpaired) electrons. The lowest BCUT2D eigenvalue weighted by Crippen LogP contribution is -2.16. The van der Waals surface area contributed by atoms with Crippen LogP contribution in [-0.4, -0.2) is 26.1 Å². The molecule has 0 aromatic carbocycles. The van der Waals surface area contributed by atoms with Crippen molar-refractivity contribution in [3.05, 3.63) is 22.0 Å². The van der Waals surface area contributed by atoms with Crippen molar-refractivity contribution in [2.45, 2.75) is 33.6 Å². The third kappa shape index (κ3) is 2.90. The molecule has 2 heterocycles. The maximum Gasteiger partial charge on any atom is 0.270 e. The fourth-order valence-corrected chi connectivity index (χ4v) is 2.51. The van der Waals surface area contributed by atoms with Crippen molar-refractivity contribution in [3.8, 4) is 0 Å². The molecule has 3 N–H and O–H groups in total. The quantitative estimate of drug-likeness (QED) is 0.886. The zero-order chi connectivity index (χ0) is 14.7. The Hall–Kier alpha value is -2.09. The van der Waals surface area contributed by atoms with Crippen molar-refractivity contribution in [3.63, 3.8) is 0 Å². The van der Waals surface area contributed by atoms with E-state index in [2.05, 4.69) is 25.5 Å². The molecule has 106 valence electrons. The van der Waals surface area contributed by atoms with Crippen LogP contribution in [0, 0.1) is 6.92 Å². The van der Waals surface area contributed by atoms with Crippen LogP contribution in [0.1, 0.15) is 40.6 Å². The lowest BCUT2D eigenvalue weighted by Gasteiger charge is -2.06. The fraction of sp³-hybridized carbons (Fsp3) is 0.417. The molecule has 0 saturated heterocycles. The highest BCUT2D eigenvalue weighted by molar-refractivity contribution is 7.17. The van der Waals surface area contributed by atoms with Gasteiger partial charge >= 0.3 is 0 Å². The number of carbonyl (C=O) groups excluding carboxylic acids is 1. The largest absolute Gasteiger partial charge is 0.375 e. The Morgan fingerprint density at radius 1 is 1.20 bits per heavy atom. The number of aromatic nitrogens is 4. The number of carbonyl (C=O) groups is 1. The second kappa shape index (κ2) is 5.91. The second-order valence-electron chi connectivity index (χ2n) is 4.16. The summed E-state index contributed by atoms with van der Waals surface area (Å²) in [5, 5.41) is 11.0. The SMILES string of the molecule is CCc1nnc(NC(=O)c2sc(N)nc2C)nc1CC. The second-order valence-corrected chi connectivity index (χ2v) is 5.19. The molecule has 0 unspecified atom stereocenters. The van der Waals surface area contributed by atoms with E-state index in [1.165, 1.54) is 0 Å². The van der Waals surface area contributed by atoms with E-state index in [0.29, 0.717) is 15.7 Å². The van der Waals surface area contributed by atoms with Crippen LogP contribution in [0.3, 0.4) is 0 Å². The van der Waals surface area contributed by atoms with Crippen molar-refractivity contribution in [2.24, 2.45) is 0 Å². The predicted octanol–water partition coefficient (Wildman–Crippen LogP) is 1.60. The number of amides is 1. The van der Waals surface area contributed by atoms with Gasteiger partial charge in [-0.05, 0) is 19.8 Å². The van der Waals surface area contributed by atoms with Crippen LogP contribution in [0.25, 0.3) is 0 Å². The molecule has 0 bridgehead atoms. The van der Waals surface area contributed by atoms with Crippen molar-refractivity contribution >= 4 is 28.3 Å². The Kier molecular flexibility index (Phi) is 4.23. The number of aryl methyl sites for hydroxylation is 3. The number of anilines is 2. The van der Waals surface area contributed by atoms with Gasteiger partial charge in [-0.15, -0.1) is 10.2 Å². The number of thiazole rings is 1. The fourth-order valence-electron chi connectivity index (χ4n) is 1.78. The molecular formula is C12H16N6OS. The predicted molar refractivity (Wildman–Crippen MR) is 77.8 cm³/mol. The molecule has 2 rings (SSSR count). The average molecular weight is 292 g/mol. The summed E-state index contributed by atoms with van der Waals surface area (Å²) in [6, 6.07) is 0. The lowest BCUT2D eigenvalue weighted by atomic mass is 10.2. The standard InChI is InChI=1S/C12H16N6OS/c1-4-7-8(5-2)17-18-12(15-7)16-10(19)9-6(3)14-11(13)20-9/h4-5H2,1-3H3,(H2,13,14)(H,15,16,18,19). The maximum absolute atomic E-state index is 12.1. The van der Waals surface area contributed by atoms with E-state index >= 15 is 0 Å². The Labute approximate surface area is 120 Å². The van der Waals surface area contributed by atoms with Crippen molar-refractivity contribution in [1.82, 2.24) is 20.2 Å². The van der Waals surface area contributed by atoms with Gasteiger partial charge in [0, 0.05) is 0 Å². The molecule has 7 nitrogen and oxygen atoms in total. The summed E-state index contributed by atoms with van der Waals surface area (Å²) in [6.07, 6.45) is 1.51. The van der Waals surface area contributed by atoms with E-state index in [1.807, 2.05) is 13.8 Å². The van der Waals surface area contributed by atoms with Gasteiger partial charge in [0.05, 0.1) is 17.1 Å². The number of hydrogen-bond acceptors (Lipinski definition) is 7. The van der Waals surface area contributed by atoms with E-state index in [4.69, 9.17) is 5.73 Å². The molecule has 0 aliphatic heterocycles. The van der Waals surface area contributed by atoms with Gasteiger partial charge in [0.15, 0.2) is 5.13 Å². The molecule has 1 amide bonds. The number of hydrogen-bond donors (Lipinski definition) is 2. The van der Waals surface area contributed by atoms with Gasteiger partial charge in [0.25, 0.3) is 5.91 Å². The molecule has 2 aromatic rings. The first-order valence-corrected chi connectivity index (χ1v) is 7.13. The summed E-state index contributed by atoms with van der Waals surface area (Å²) in [5.41, 5.74) is 7.87. The summed E-state index contributed by atoms with van der Waals surface area (Å²) in [7, 11) is 0. The molecule has 0 aliphatic rings. The van der Waals surface area contributed by atoms with E-state index in [-0.39, 0.29) is 11.9 Å². The van der Waals surface area contributed by atoms with Crippen LogP contribution in [0.4, 0.5) is 11.1 Å². The Morgan fingerprint density at radius 2 is 1.90 bits per heavy atom. The Bertz CT molecular complexity index is 639. The summed E-state index contributed by atoms with van der Waals surface area (Å²) in [5.74, 6) is -0.111. The van der Waals surface area contributed by atoms with Gasteiger partial charge in [-0.3, -0.25) is 10.1 Å². The van der Waals surface area contributed by atoms with Crippen LogP contribution in [0.15, 0.2) is 0 Å². The number of nitrogen functional groups attached to an aromatic ring is 1. The molecular weight excluding hydrogens is 276 g/mol. The summed E-state index contributed by atoms with van der Waals surface area (Å²) in [6.45, 7) is 5.72. The van der Waals surface area contributed by atoms with Crippen LogP contribution in [-0.2, 0) is 12.8 Å². The minimum Gasteiger partial charge on any atom is -0.375 e. The van der Waals surface area contributed by atoms with E-state index in [1.54, 1.807) is 6.92 Å². The molecule has 0 atom stereocenters. The Balaban J connectivity index is 2.22. The molecule has 0 spiro atoms. The van der Waals surface area contributed by atoms with Crippen LogP contribution in [0.5, 0.6) is 0 Å². The topological polar surface area (TPSA) is 107 Å². The van der Waals surface area contributed by atoms with Crippen molar-refractivity contribution < 1.29 is 4.79 Å².